The highest BCUT2D eigenvalue weighted by Crippen LogP contribution is 2.23. The normalized spacial score (nSPS) is 11.8. The van der Waals surface area contributed by atoms with Crippen LogP contribution < -0.4 is 5.73 Å². The summed E-state index contributed by atoms with van der Waals surface area (Å²) >= 11 is 0. The minimum absolute atomic E-state index is 0.0386. The third-order valence-electron chi connectivity index (χ3n) is 2.67. The van der Waals surface area contributed by atoms with Gasteiger partial charge < -0.3 is 5.73 Å². The first-order valence-corrected chi connectivity index (χ1v) is 5.72. The Bertz CT molecular complexity index is 508. The molecule has 0 amide bonds. The van der Waals surface area contributed by atoms with Crippen molar-refractivity contribution in [3.05, 3.63) is 41.9 Å². The van der Waals surface area contributed by atoms with Crippen molar-refractivity contribution in [1.82, 2.24) is 14.8 Å². The largest absolute Gasteiger partial charge is 0.326 e. The maximum absolute atomic E-state index is 5.64. The molecule has 2 aromatic rings. The molecule has 0 aliphatic carbocycles. The van der Waals surface area contributed by atoms with Crippen LogP contribution in [-0.2, 0) is 12.0 Å². The van der Waals surface area contributed by atoms with Crippen molar-refractivity contribution >= 4 is 0 Å². The van der Waals surface area contributed by atoms with Crippen molar-refractivity contribution in [1.29, 1.82) is 0 Å². The molecular formula is C13H18N4. The summed E-state index contributed by atoms with van der Waals surface area (Å²) in [6.45, 7) is 7.00. The van der Waals surface area contributed by atoms with Gasteiger partial charge in [-0.1, -0.05) is 20.8 Å². The van der Waals surface area contributed by atoms with Gasteiger partial charge in [0, 0.05) is 24.4 Å². The van der Waals surface area contributed by atoms with Crippen LogP contribution in [0.2, 0.25) is 0 Å². The van der Waals surface area contributed by atoms with Crippen LogP contribution in [0, 0.1) is 0 Å². The van der Waals surface area contributed by atoms with Gasteiger partial charge in [-0.3, -0.25) is 0 Å². The SMILES string of the molecule is CC(C)(C)c1ccnn1-c1cc(CN)ccn1. The molecule has 0 atom stereocenters. The molecule has 2 heterocycles. The monoisotopic (exact) mass is 230 g/mol. The Morgan fingerprint density at radius 1 is 1.24 bits per heavy atom. The van der Waals surface area contributed by atoms with Gasteiger partial charge in [-0.05, 0) is 23.8 Å². The molecule has 0 saturated heterocycles. The van der Waals surface area contributed by atoms with Gasteiger partial charge in [0.2, 0.25) is 0 Å². The fourth-order valence-electron chi connectivity index (χ4n) is 1.76. The highest BCUT2D eigenvalue weighted by molar-refractivity contribution is 5.30. The fourth-order valence-corrected chi connectivity index (χ4v) is 1.76. The molecule has 2 rings (SSSR count). The van der Waals surface area contributed by atoms with Crippen LogP contribution >= 0.6 is 0 Å². The van der Waals surface area contributed by atoms with Crippen LogP contribution in [0.3, 0.4) is 0 Å². The Balaban J connectivity index is 2.50. The van der Waals surface area contributed by atoms with E-state index < -0.39 is 0 Å². The molecule has 17 heavy (non-hydrogen) atoms. The molecule has 2 N–H and O–H groups in total. The number of hydrogen-bond acceptors (Lipinski definition) is 3. The molecule has 0 aromatic carbocycles. The lowest BCUT2D eigenvalue weighted by atomic mass is 9.92. The second-order valence-electron chi connectivity index (χ2n) is 5.10. The molecule has 0 unspecified atom stereocenters. The molecule has 0 saturated carbocycles. The summed E-state index contributed by atoms with van der Waals surface area (Å²) in [6.07, 6.45) is 3.57. The third-order valence-corrected chi connectivity index (χ3v) is 2.67. The summed E-state index contributed by atoms with van der Waals surface area (Å²) in [5.74, 6) is 0.822. The van der Waals surface area contributed by atoms with Crippen LogP contribution in [0.25, 0.3) is 5.82 Å². The molecular weight excluding hydrogens is 212 g/mol. The Morgan fingerprint density at radius 3 is 2.65 bits per heavy atom. The lowest BCUT2D eigenvalue weighted by molar-refractivity contribution is 0.541. The molecule has 0 bridgehead atoms. The van der Waals surface area contributed by atoms with Crippen LogP contribution in [0.4, 0.5) is 0 Å². The van der Waals surface area contributed by atoms with Crippen molar-refractivity contribution in [2.45, 2.75) is 32.7 Å². The van der Waals surface area contributed by atoms with Gasteiger partial charge in [0.25, 0.3) is 0 Å². The van der Waals surface area contributed by atoms with E-state index in [-0.39, 0.29) is 5.41 Å². The third kappa shape index (κ3) is 2.36. The predicted molar refractivity (Wildman–Crippen MR) is 68.0 cm³/mol. The zero-order chi connectivity index (χ0) is 12.5. The molecule has 0 aliphatic rings. The number of nitrogens with zero attached hydrogens (tertiary/aromatic N) is 3. The van der Waals surface area contributed by atoms with Crippen molar-refractivity contribution in [3.63, 3.8) is 0 Å². The highest BCUT2D eigenvalue weighted by Gasteiger charge is 2.19. The zero-order valence-electron chi connectivity index (χ0n) is 10.5. The lowest BCUT2D eigenvalue weighted by Crippen LogP contribution is -2.18. The summed E-state index contributed by atoms with van der Waals surface area (Å²) in [4.78, 5) is 4.35. The number of pyridine rings is 1. The van der Waals surface area contributed by atoms with Gasteiger partial charge >= 0.3 is 0 Å². The summed E-state index contributed by atoms with van der Waals surface area (Å²) in [7, 11) is 0. The fraction of sp³-hybridized carbons (Fsp3) is 0.385. The molecule has 0 radical (unpaired) electrons. The molecule has 0 fully saturated rings. The number of hydrogen-bond donors (Lipinski definition) is 1. The van der Waals surface area contributed by atoms with Gasteiger partial charge in [0.15, 0.2) is 5.82 Å². The smallest absolute Gasteiger partial charge is 0.153 e. The van der Waals surface area contributed by atoms with E-state index in [4.69, 9.17) is 5.73 Å². The first-order valence-electron chi connectivity index (χ1n) is 5.72. The van der Waals surface area contributed by atoms with Crippen molar-refractivity contribution in [2.75, 3.05) is 0 Å². The lowest BCUT2D eigenvalue weighted by Gasteiger charge is -2.19. The van der Waals surface area contributed by atoms with E-state index in [2.05, 4.69) is 30.9 Å². The van der Waals surface area contributed by atoms with Crippen molar-refractivity contribution in [3.8, 4) is 5.82 Å². The first-order chi connectivity index (χ1) is 8.02. The predicted octanol–water partition coefficient (Wildman–Crippen LogP) is 2.02. The van der Waals surface area contributed by atoms with Gasteiger partial charge in [-0.25, -0.2) is 9.67 Å². The van der Waals surface area contributed by atoms with Gasteiger partial charge in [-0.15, -0.1) is 0 Å². The maximum atomic E-state index is 5.64. The number of aromatic nitrogens is 3. The minimum atomic E-state index is 0.0386. The highest BCUT2D eigenvalue weighted by atomic mass is 15.3. The van der Waals surface area contributed by atoms with E-state index in [1.807, 2.05) is 22.9 Å². The van der Waals surface area contributed by atoms with E-state index in [9.17, 15) is 0 Å². The Hall–Kier alpha value is -1.68. The van der Waals surface area contributed by atoms with E-state index in [0.29, 0.717) is 6.54 Å². The average Bonchev–Trinajstić information content (AvgIpc) is 2.77. The summed E-state index contributed by atoms with van der Waals surface area (Å²) in [5, 5.41) is 4.34. The first kappa shape index (κ1) is 11.8. The molecule has 4 nitrogen and oxygen atoms in total. The minimum Gasteiger partial charge on any atom is -0.326 e. The van der Waals surface area contributed by atoms with Gasteiger partial charge in [0.1, 0.15) is 0 Å². The Morgan fingerprint density at radius 2 is 2.00 bits per heavy atom. The molecule has 4 heteroatoms. The second-order valence-corrected chi connectivity index (χ2v) is 5.10. The molecule has 0 spiro atoms. The summed E-state index contributed by atoms with van der Waals surface area (Å²) in [6, 6.07) is 5.92. The topological polar surface area (TPSA) is 56.7 Å². The van der Waals surface area contributed by atoms with Crippen LogP contribution in [0.1, 0.15) is 32.0 Å². The Kier molecular flexibility index (Phi) is 2.98. The van der Waals surface area contributed by atoms with Gasteiger partial charge in [0.05, 0.1) is 5.69 Å². The van der Waals surface area contributed by atoms with Crippen molar-refractivity contribution < 1.29 is 0 Å². The summed E-state index contributed by atoms with van der Waals surface area (Å²) in [5.41, 5.74) is 7.88. The van der Waals surface area contributed by atoms with Crippen LogP contribution in [0.5, 0.6) is 0 Å². The average molecular weight is 230 g/mol. The van der Waals surface area contributed by atoms with Gasteiger partial charge in [-0.2, -0.15) is 5.10 Å². The number of nitrogens with two attached hydrogens (primary N) is 1. The number of rotatable bonds is 2. The van der Waals surface area contributed by atoms with E-state index in [0.717, 1.165) is 17.1 Å². The Labute approximate surface area is 101 Å². The van der Waals surface area contributed by atoms with E-state index in [1.165, 1.54) is 0 Å². The second kappa shape index (κ2) is 4.30. The quantitative estimate of drug-likeness (QED) is 0.858. The van der Waals surface area contributed by atoms with E-state index >= 15 is 0 Å². The molecule has 90 valence electrons. The zero-order valence-corrected chi connectivity index (χ0v) is 10.5. The standard InChI is InChI=1S/C13H18N4/c1-13(2,3)11-5-7-16-17(11)12-8-10(9-14)4-6-15-12/h4-8H,9,14H2,1-3H3. The van der Waals surface area contributed by atoms with Crippen molar-refractivity contribution in [2.24, 2.45) is 5.73 Å². The van der Waals surface area contributed by atoms with Crippen LogP contribution in [0.15, 0.2) is 30.6 Å². The maximum Gasteiger partial charge on any atom is 0.153 e. The molecule has 0 aliphatic heterocycles. The van der Waals surface area contributed by atoms with Crippen LogP contribution in [-0.4, -0.2) is 14.8 Å². The van der Waals surface area contributed by atoms with E-state index in [1.54, 1.807) is 12.4 Å². The molecule has 2 aromatic heterocycles. The summed E-state index contributed by atoms with van der Waals surface area (Å²) < 4.78 is 1.87.